The number of nitrogens with one attached hydrogen (secondary N) is 1. The highest BCUT2D eigenvalue weighted by Gasteiger charge is 2.13. The summed E-state index contributed by atoms with van der Waals surface area (Å²) in [6.07, 6.45) is 0.764. The van der Waals surface area contributed by atoms with E-state index < -0.39 is 0 Å². The van der Waals surface area contributed by atoms with Gasteiger partial charge in [-0.3, -0.25) is 0 Å². The van der Waals surface area contributed by atoms with Gasteiger partial charge in [-0.2, -0.15) is 0 Å². The van der Waals surface area contributed by atoms with Crippen LogP contribution in [0.3, 0.4) is 0 Å². The number of rotatable bonds is 4. The summed E-state index contributed by atoms with van der Waals surface area (Å²) in [5.74, 6) is 6.85. The molecule has 0 amide bonds. The molecule has 2 aromatic rings. The van der Waals surface area contributed by atoms with Crippen molar-refractivity contribution >= 4 is 21.7 Å². The van der Waals surface area contributed by atoms with Gasteiger partial charge in [-0.25, -0.2) is 15.8 Å². The lowest BCUT2D eigenvalue weighted by Gasteiger charge is -2.10. The molecule has 0 bridgehead atoms. The first-order chi connectivity index (χ1) is 9.58. The summed E-state index contributed by atoms with van der Waals surface area (Å²) >= 11 is 3.28. The van der Waals surface area contributed by atoms with Gasteiger partial charge in [0.25, 0.3) is 0 Å². The number of benzene rings is 1. The number of phenolic OH excluding ortho intramolecular Hbond substituents is 1. The average Bonchev–Trinajstić information content (AvgIpc) is 2.49. The molecule has 0 saturated heterocycles. The zero-order valence-corrected chi connectivity index (χ0v) is 12.7. The van der Waals surface area contributed by atoms with Crippen molar-refractivity contribution in [2.75, 3.05) is 12.5 Å². The second-order valence-corrected chi connectivity index (χ2v) is 4.93. The first kappa shape index (κ1) is 14.5. The minimum absolute atomic E-state index is 0.0417. The molecule has 0 aliphatic carbocycles. The Balaban J connectivity index is 2.58. The molecule has 6 nitrogen and oxygen atoms in total. The number of methoxy groups -OCH3 is 1. The van der Waals surface area contributed by atoms with Gasteiger partial charge >= 0.3 is 0 Å². The number of hydrazine groups is 1. The normalized spacial score (nSPS) is 10.4. The van der Waals surface area contributed by atoms with E-state index in [0.717, 1.165) is 17.7 Å². The number of phenols is 1. The van der Waals surface area contributed by atoms with Crippen LogP contribution in [-0.2, 0) is 6.42 Å². The number of aromatic hydroxyl groups is 1. The maximum absolute atomic E-state index is 9.83. The van der Waals surface area contributed by atoms with E-state index in [-0.39, 0.29) is 5.75 Å². The van der Waals surface area contributed by atoms with Crippen molar-refractivity contribution in [2.45, 2.75) is 13.3 Å². The SMILES string of the molecule is CCc1cc(NN)nc(-c2cc(Br)c(O)c(OC)c2)n1. The Kier molecular flexibility index (Phi) is 4.41. The standard InChI is InChI=1S/C13H15BrN4O2/c1-3-8-6-11(18-15)17-13(16-8)7-4-9(14)12(19)10(5-7)20-2/h4-6,19H,3,15H2,1-2H3,(H,16,17,18). The van der Waals surface area contributed by atoms with Crippen LogP contribution in [0.25, 0.3) is 11.4 Å². The summed E-state index contributed by atoms with van der Waals surface area (Å²) in [6, 6.07) is 5.19. The van der Waals surface area contributed by atoms with E-state index in [1.807, 2.05) is 6.92 Å². The lowest BCUT2D eigenvalue weighted by Crippen LogP contribution is -2.10. The number of nitrogens with two attached hydrogens (primary N) is 1. The van der Waals surface area contributed by atoms with Crippen LogP contribution in [0.1, 0.15) is 12.6 Å². The van der Waals surface area contributed by atoms with Crippen molar-refractivity contribution in [3.63, 3.8) is 0 Å². The Labute approximate surface area is 125 Å². The van der Waals surface area contributed by atoms with Crippen molar-refractivity contribution in [1.82, 2.24) is 9.97 Å². The Morgan fingerprint density at radius 1 is 1.35 bits per heavy atom. The maximum atomic E-state index is 9.83. The second kappa shape index (κ2) is 6.06. The van der Waals surface area contributed by atoms with Gasteiger partial charge in [0.15, 0.2) is 17.3 Å². The van der Waals surface area contributed by atoms with Gasteiger partial charge in [-0.1, -0.05) is 6.92 Å². The van der Waals surface area contributed by atoms with Crippen LogP contribution in [0.4, 0.5) is 5.82 Å². The lowest BCUT2D eigenvalue weighted by atomic mass is 10.1. The fourth-order valence-corrected chi connectivity index (χ4v) is 2.18. The van der Waals surface area contributed by atoms with Crippen molar-refractivity contribution in [3.8, 4) is 22.9 Å². The van der Waals surface area contributed by atoms with Crippen LogP contribution < -0.4 is 16.0 Å². The zero-order valence-electron chi connectivity index (χ0n) is 11.1. The Morgan fingerprint density at radius 3 is 2.70 bits per heavy atom. The first-order valence-corrected chi connectivity index (χ1v) is 6.79. The van der Waals surface area contributed by atoms with E-state index in [1.165, 1.54) is 7.11 Å². The quantitative estimate of drug-likeness (QED) is 0.585. The van der Waals surface area contributed by atoms with Gasteiger partial charge in [0.1, 0.15) is 5.82 Å². The van der Waals surface area contributed by atoms with Gasteiger partial charge in [0, 0.05) is 17.3 Å². The number of aromatic nitrogens is 2. The van der Waals surface area contributed by atoms with E-state index in [1.54, 1.807) is 18.2 Å². The molecular formula is C13H15BrN4O2. The smallest absolute Gasteiger partial charge is 0.172 e. The largest absolute Gasteiger partial charge is 0.503 e. The molecule has 7 heteroatoms. The van der Waals surface area contributed by atoms with E-state index in [9.17, 15) is 5.11 Å². The highest BCUT2D eigenvalue weighted by molar-refractivity contribution is 9.10. The highest BCUT2D eigenvalue weighted by Crippen LogP contribution is 2.37. The predicted octanol–water partition coefficient (Wildman–Crippen LogP) is 2.47. The van der Waals surface area contributed by atoms with Crippen molar-refractivity contribution in [1.29, 1.82) is 0 Å². The van der Waals surface area contributed by atoms with Crippen LogP contribution >= 0.6 is 15.9 Å². The molecule has 0 aliphatic rings. The number of aryl methyl sites for hydroxylation is 1. The Hall–Kier alpha value is -1.86. The maximum Gasteiger partial charge on any atom is 0.172 e. The monoisotopic (exact) mass is 338 g/mol. The van der Waals surface area contributed by atoms with E-state index in [0.29, 0.717) is 21.9 Å². The number of nitrogen functional groups attached to an aromatic ring is 1. The molecule has 0 atom stereocenters. The fraction of sp³-hybridized carbons (Fsp3) is 0.231. The van der Waals surface area contributed by atoms with Crippen molar-refractivity contribution in [3.05, 3.63) is 28.4 Å². The molecule has 1 aromatic carbocycles. The Bertz CT molecular complexity index is 612. The van der Waals surface area contributed by atoms with Crippen molar-refractivity contribution < 1.29 is 9.84 Å². The number of ether oxygens (including phenoxy) is 1. The van der Waals surface area contributed by atoms with Crippen molar-refractivity contribution in [2.24, 2.45) is 5.84 Å². The summed E-state index contributed by atoms with van der Waals surface area (Å²) in [4.78, 5) is 8.76. The number of nitrogens with zero attached hydrogens (tertiary/aromatic N) is 2. The third-order valence-corrected chi connectivity index (χ3v) is 3.40. The topological polar surface area (TPSA) is 93.3 Å². The van der Waals surface area contributed by atoms with Crippen LogP contribution in [-0.4, -0.2) is 22.2 Å². The minimum atomic E-state index is 0.0417. The summed E-state index contributed by atoms with van der Waals surface area (Å²) in [7, 11) is 1.49. The molecular weight excluding hydrogens is 324 g/mol. The first-order valence-electron chi connectivity index (χ1n) is 6.00. The van der Waals surface area contributed by atoms with Crippen LogP contribution in [0.5, 0.6) is 11.5 Å². The van der Waals surface area contributed by atoms with E-state index >= 15 is 0 Å². The number of halogens is 1. The van der Waals surface area contributed by atoms with E-state index in [4.69, 9.17) is 10.6 Å². The number of hydrogen-bond donors (Lipinski definition) is 3. The van der Waals surface area contributed by atoms with Crippen LogP contribution in [0.15, 0.2) is 22.7 Å². The second-order valence-electron chi connectivity index (χ2n) is 4.07. The number of anilines is 1. The molecule has 1 aromatic heterocycles. The Morgan fingerprint density at radius 2 is 2.10 bits per heavy atom. The molecule has 0 aliphatic heterocycles. The zero-order chi connectivity index (χ0) is 14.7. The molecule has 1 heterocycles. The number of hydrogen-bond acceptors (Lipinski definition) is 6. The summed E-state index contributed by atoms with van der Waals surface area (Å²) in [5.41, 5.74) is 4.11. The lowest BCUT2D eigenvalue weighted by molar-refractivity contribution is 0.372. The predicted molar refractivity (Wildman–Crippen MR) is 80.6 cm³/mol. The van der Waals surface area contributed by atoms with Gasteiger partial charge < -0.3 is 15.3 Å². The van der Waals surface area contributed by atoms with Gasteiger partial charge in [-0.05, 0) is 34.5 Å². The molecule has 2 rings (SSSR count). The third kappa shape index (κ3) is 2.83. The molecule has 0 saturated carbocycles. The van der Waals surface area contributed by atoms with Gasteiger partial charge in [0.2, 0.25) is 0 Å². The van der Waals surface area contributed by atoms with E-state index in [2.05, 4.69) is 31.3 Å². The molecule has 0 fully saturated rings. The highest BCUT2D eigenvalue weighted by atomic mass is 79.9. The molecule has 0 spiro atoms. The molecule has 0 unspecified atom stereocenters. The summed E-state index contributed by atoms with van der Waals surface area (Å²) in [6.45, 7) is 2.00. The average molecular weight is 339 g/mol. The molecule has 0 radical (unpaired) electrons. The molecule has 106 valence electrons. The molecule has 20 heavy (non-hydrogen) atoms. The fourth-order valence-electron chi connectivity index (χ4n) is 1.74. The van der Waals surface area contributed by atoms with Gasteiger partial charge in [0.05, 0.1) is 11.6 Å². The third-order valence-electron chi connectivity index (χ3n) is 2.80. The summed E-state index contributed by atoms with van der Waals surface area (Å²) < 4.78 is 5.64. The van der Waals surface area contributed by atoms with Gasteiger partial charge in [-0.15, -0.1) is 0 Å². The van der Waals surface area contributed by atoms with Crippen LogP contribution in [0, 0.1) is 0 Å². The van der Waals surface area contributed by atoms with Crippen LogP contribution in [0.2, 0.25) is 0 Å². The minimum Gasteiger partial charge on any atom is -0.503 e. The summed E-state index contributed by atoms with van der Waals surface area (Å²) in [5, 5.41) is 9.83. The molecule has 4 N–H and O–H groups in total.